The summed E-state index contributed by atoms with van der Waals surface area (Å²) in [6.07, 6.45) is -1.91. The summed E-state index contributed by atoms with van der Waals surface area (Å²) >= 11 is 0.871. The van der Waals surface area contributed by atoms with Gasteiger partial charge in [-0.3, -0.25) is 9.59 Å². The summed E-state index contributed by atoms with van der Waals surface area (Å²) in [7, 11) is 0. The molecule has 0 atom stereocenters. The lowest BCUT2D eigenvalue weighted by molar-refractivity contribution is -0.142. The maximum atomic E-state index is 12.9. The van der Waals surface area contributed by atoms with Crippen molar-refractivity contribution in [3.63, 3.8) is 0 Å². The van der Waals surface area contributed by atoms with Crippen molar-refractivity contribution in [3.05, 3.63) is 65.3 Å². The maximum absolute atomic E-state index is 12.9. The molecule has 0 fully saturated rings. The number of nitrogens with one attached hydrogen (secondary N) is 1. The average Bonchev–Trinajstić information content (AvgIpc) is 3.34. The number of amides is 2. The van der Waals surface area contributed by atoms with E-state index in [9.17, 15) is 22.8 Å². The van der Waals surface area contributed by atoms with Crippen molar-refractivity contribution in [2.24, 2.45) is 0 Å². The topological polar surface area (TPSA) is 75.7 Å². The van der Waals surface area contributed by atoms with Crippen LogP contribution in [0.3, 0.4) is 0 Å². The smallest absolute Gasteiger partial charge is 0.406 e. The van der Waals surface area contributed by atoms with Crippen molar-refractivity contribution in [2.75, 3.05) is 11.9 Å². The van der Waals surface area contributed by atoms with Gasteiger partial charge in [-0.1, -0.05) is 0 Å². The van der Waals surface area contributed by atoms with Crippen LogP contribution in [0.2, 0.25) is 0 Å². The van der Waals surface area contributed by atoms with Gasteiger partial charge in [0.05, 0.1) is 28.9 Å². The molecular weight excluding hydrogens is 385 g/mol. The Labute approximate surface area is 155 Å². The van der Waals surface area contributed by atoms with Crippen LogP contribution in [0.25, 0.3) is 0 Å². The predicted octanol–water partition coefficient (Wildman–Crippen LogP) is 4.39. The lowest BCUT2D eigenvalue weighted by atomic mass is 10.3. The molecule has 0 saturated carbocycles. The van der Waals surface area contributed by atoms with Gasteiger partial charge in [0, 0.05) is 0 Å². The lowest BCUT2D eigenvalue weighted by Gasteiger charge is -2.22. The first-order chi connectivity index (χ1) is 12.8. The molecule has 2 amide bonds. The summed E-state index contributed by atoms with van der Waals surface area (Å²) in [5.41, 5.74) is 0. The molecule has 3 aromatic heterocycles. The van der Waals surface area contributed by atoms with Crippen LogP contribution in [0.4, 0.5) is 18.2 Å². The number of halogens is 3. The zero-order valence-electron chi connectivity index (χ0n) is 13.7. The normalized spacial score (nSPS) is 11.4. The minimum Gasteiger partial charge on any atom is -0.467 e. The molecule has 0 aliphatic carbocycles. The average molecular weight is 398 g/mol. The molecule has 0 saturated heterocycles. The number of nitrogens with zero attached hydrogens (tertiary/aromatic N) is 1. The number of carbonyl (C=O) groups excluding carboxylic acids is 2. The third-order valence-electron chi connectivity index (χ3n) is 3.38. The quantitative estimate of drug-likeness (QED) is 0.668. The first kappa shape index (κ1) is 18.8. The van der Waals surface area contributed by atoms with Gasteiger partial charge >= 0.3 is 6.18 Å². The van der Waals surface area contributed by atoms with Gasteiger partial charge in [0.15, 0.2) is 5.76 Å². The fraction of sp³-hybridized carbons (Fsp3) is 0.176. The highest BCUT2D eigenvalue weighted by atomic mass is 32.1. The van der Waals surface area contributed by atoms with E-state index in [1.54, 1.807) is 6.07 Å². The molecule has 0 spiro atoms. The van der Waals surface area contributed by atoms with Crippen molar-refractivity contribution in [2.45, 2.75) is 12.7 Å². The van der Waals surface area contributed by atoms with E-state index in [-0.39, 0.29) is 22.9 Å². The van der Waals surface area contributed by atoms with Gasteiger partial charge in [0.25, 0.3) is 11.8 Å². The summed E-state index contributed by atoms with van der Waals surface area (Å²) in [4.78, 5) is 25.2. The number of alkyl halides is 3. The SMILES string of the molecule is O=C(Nc1ccc(C(=O)N(Cc2ccco2)CC(F)(F)F)s1)c1ccco1. The Morgan fingerprint density at radius 1 is 1.07 bits per heavy atom. The summed E-state index contributed by atoms with van der Waals surface area (Å²) in [5, 5.41) is 2.84. The Bertz CT molecular complexity index is 901. The van der Waals surface area contributed by atoms with Crippen LogP contribution < -0.4 is 5.32 Å². The van der Waals surface area contributed by atoms with Crippen LogP contribution in [-0.4, -0.2) is 29.4 Å². The van der Waals surface area contributed by atoms with Crippen LogP contribution in [-0.2, 0) is 6.54 Å². The molecule has 0 bridgehead atoms. The highest BCUT2D eigenvalue weighted by molar-refractivity contribution is 7.18. The van der Waals surface area contributed by atoms with Crippen molar-refractivity contribution in [3.8, 4) is 0 Å². The molecule has 3 rings (SSSR count). The third kappa shape index (κ3) is 5.00. The first-order valence-electron chi connectivity index (χ1n) is 7.65. The monoisotopic (exact) mass is 398 g/mol. The zero-order chi connectivity index (χ0) is 19.4. The van der Waals surface area contributed by atoms with E-state index in [0.717, 1.165) is 11.3 Å². The van der Waals surface area contributed by atoms with Crippen LogP contribution in [0, 0.1) is 0 Å². The second-order valence-corrected chi connectivity index (χ2v) is 6.53. The fourth-order valence-corrected chi connectivity index (χ4v) is 3.13. The van der Waals surface area contributed by atoms with Gasteiger partial charge in [-0.2, -0.15) is 13.2 Å². The molecule has 0 unspecified atom stereocenters. The van der Waals surface area contributed by atoms with E-state index in [2.05, 4.69) is 5.32 Å². The van der Waals surface area contributed by atoms with E-state index < -0.39 is 24.5 Å². The number of hydrogen-bond acceptors (Lipinski definition) is 5. The van der Waals surface area contributed by atoms with E-state index in [0.29, 0.717) is 9.90 Å². The first-order valence-corrected chi connectivity index (χ1v) is 8.46. The summed E-state index contributed by atoms with van der Waals surface area (Å²) in [5.74, 6) is -1.03. The van der Waals surface area contributed by atoms with Crippen molar-refractivity contribution >= 4 is 28.2 Å². The molecule has 1 N–H and O–H groups in total. The minimum absolute atomic E-state index is 0.0561. The molecule has 0 aromatic carbocycles. The molecule has 27 heavy (non-hydrogen) atoms. The maximum Gasteiger partial charge on any atom is 0.406 e. The lowest BCUT2D eigenvalue weighted by Crippen LogP contribution is -2.38. The molecule has 6 nitrogen and oxygen atoms in total. The predicted molar refractivity (Wildman–Crippen MR) is 90.5 cm³/mol. The van der Waals surface area contributed by atoms with E-state index in [1.807, 2.05) is 0 Å². The molecule has 10 heteroatoms. The van der Waals surface area contributed by atoms with E-state index in [1.165, 1.54) is 42.9 Å². The molecule has 3 aromatic rings. The summed E-state index contributed by atoms with van der Waals surface area (Å²) in [6, 6.07) is 8.82. The highest BCUT2D eigenvalue weighted by Crippen LogP contribution is 2.26. The number of furan rings is 2. The number of anilines is 1. The Hall–Kier alpha value is -3.01. The third-order valence-corrected chi connectivity index (χ3v) is 4.37. The number of rotatable bonds is 6. The van der Waals surface area contributed by atoms with Crippen molar-refractivity contribution < 1.29 is 31.6 Å². The molecule has 0 aliphatic rings. The Morgan fingerprint density at radius 2 is 1.81 bits per heavy atom. The van der Waals surface area contributed by atoms with Gasteiger partial charge in [-0.15, -0.1) is 11.3 Å². The van der Waals surface area contributed by atoms with Crippen LogP contribution >= 0.6 is 11.3 Å². The van der Waals surface area contributed by atoms with Crippen LogP contribution in [0.1, 0.15) is 26.0 Å². The standard InChI is InChI=1S/C17H13F3N2O4S/c18-17(19,20)10-22(9-11-3-1-7-25-11)16(24)13-5-6-14(27-13)21-15(23)12-4-2-8-26-12/h1-8H,9-10H2,(H,21,23). The fourth-order valence-electron chi connectivity index (χ4n) is 2.26. The molecular formula is C17H13F3N2O4S. The summed E-state index contributed by atoms with van der Waals surface area (Å²) in [6.45, 7) is -1.74. The molecule has 3 heterocycles. The largest absolute Gasteiger partial charge is 0.467 e. The Kier molecular flexibility index (Phi) is 5.36. The van der Waals surface area contributed by atoms with Gasteiger partial charge in [-0.25, -0.2) is 0 Å². The van der Waals surface area contributed by atoms with Gasteiger partial charge < -0.3 is 19.1 Å². The highest BCUT2D eigenvalue weighted by Gasteiger charge is 2.34. The number of carbonyl (C=O) groups is 2. The number of thiophene rings is 1. The second-order valence-electron chi connectivity index (χ2n) is 5.45. The van der Waals surface area contributed by atoms with Crippen LogP contribution in [0.15, 0.2) is 57.8 Å². The van der Waals surface area contributed by atoms with Gasteiger partial charge in [0.2, 0.25) is 0 Å². The Morgan fingerprint density at radius 3 is 2.44 bits per heavy atom. The minimum atomic E-state index is -4.56. The number of hydrogen-bond donors (Lipinski definition) is 1. The second kappa shape index (κ2) is 7.70. The molecule has 0 radical (unpaired) electrons. The van der Waals surface area contributed by atoms with Gasteiger partial charge in [0.1, 0.15) is 12.3 Å². The Balaban J connectivity index is 1.73. The van der Waals surface area contributed by atoms with Crippen molar-refractivity contribution in [1.82, 2.24) is 4.90 Å². The zero-order valence-corrected chi connectivity index (χ0v) is 14.5. The van der Waals surface area contributed by atoms with Crippen LogP contribution in [0.5, 0.6) is 0 Å². The molecule has 0 aliphatic heterocycles. The van der Waals surface area contributed by atoms with Crippen molar-refractivity contribution in [1.29, 1.82) is 0 Å². The summed E-state index contributed by atoms with van der Waals surface area (Å²) < 4.78 is 48.6. The van der Waals surface area contributed by atoms with E-state index in [4.69, 9.17) is 8.83 Å². The molecule has 142 valence electrons. The van der Waals surface area contributed by atoms with Gasteiger partial charge in [-0.05, 0) is 36.4 Å². The van der Waals surface area contributed by atoms with E-state index >= 15 is 0 Å².